The number of hydrogen-bond donors (Lipinski definition) is 2. The number of nitrogens with zero attached hydrogens (tertiary/aromatic N) is 4. The van der Waals surface area contributed by atoms with Crippen LogP contribution in [-0.4, -0.2) is 33.0 Å². The predicted octanol–water partition coefficient (Wildman–Crippen LogP) is 4.12. The molecule has 0 fully saturated rings. The highest BCUT2D eigenvalue weighted by Crippen LogP contribution is 2.31. The summed E-state index contributed by atoms with van der Waals surface area (Å²) in [6.07, 6.45) is 0. The Hall–Kier alpha value is -2.90. The molecule has 0 atom stereocenters. The standard InChI is InChI=1S/C19H19FN6OS2/c1-4-22-18-24-25-19(29-18)28-10-16(27)23-17-15(9-21)11(2)12(3)26(17)14-7-5-6-13(20)8-14/h5-8H,4,10H2,1-3H3,(H,22,24)(H,23,27). The number of carbonyl (C=O) groups excluding carboxylic acids is 1. The van der Waals surface area contributed by atoms with E-state index in [2.05, 4.69) is 26.9 Å². The molecule has 0 radical (unpaired) electrons. The molecule has 2 aromatic heterocycles. The van der Waals surface area contributed by atoms with Gasteiger partial charge in [0.05, 0.1) is 17.0 Å². The fourth-order valence-corrected chi connectivity index (χ4v) is 4.40. The van der Waals surface area contributed by atoms with Crippen LogP contribution in [0.5, 0.6) is 0 Å². The summed E-state index contributed by atoms with van der Waals surface area (Å²) in [6, 6.07) is 8.16. The predicted molar refractivity (Wildman–Crippen MR) is 113 cm³/mol. The molecule has 2 heterocycles. The lowest BCUT2D eigenvalue weighted by Crippen LogP contribution is -2.17. The number of amides is 1. The fraction of sp³-hybridized carbons (Fsp3) is 0.263. The largest absolute Gasteiger partial charge is 0.360 e. The molecule has 3 rings (SSSR count). The van der Waals surface area contributed by atoms with Crippen LogP contribution in [0.25, 0.3) is 5.69 Å². The highest BCUT2D eigenvalue weighted by atomic mass is 32.2. The summed E-state index contributed by atoms with van der Waals surface area (Å²) in [5.74, 6) is -0.239. The van der Waals surface area contributed by atoms with Crippen molar-refractivity contribution in [3.8, 4) is 11.8 Å². The average Bonchev–Trinajstić information content (AvgIpc) is 3.23. The lowest BCUT2D eigenvalue weighted by Gasteiger charge is -2.13. The maximum Gasteiger partial charge on any atom is 0.235 e. The molecule has 7 nitrogen and oxygen atoms in total. The van der Waals surface area contributed by atoms with Gasteiger partial charge < -0.3 is 10.6 Å². The van der Waals surface area contributed by atoms with E-state index < -0.39 is 5.82 Å². The minimum absolute atomic E-state index is 0.109. The summed E-state index contributed by atoms with van der Waals surface area (Å²) < 4.78 is 16.1. The molecule has 0 aliphatic heterocycles. The smallest absolute Gasteiger partial charge is 0.235 e. The van der Waals surface area contributed by atoms with Gasteiger partial charge in [0, 0.05) is 12.2 Å². The van der Waals surface area contributed by atoms with Gasteiger partial charge >= 0.3 is 0 Å². The van der Waals surface area contributed by atoms with E-state index >= 15 is 0 Å². The van der Waals surface area contributed by atoms with Crippen molar-refractivity contribution in [2.75, 3.05) is 22.9 Å². The number of nitrogens with one attached hydrogen (secondary N) is 2. The molecule has 0 unspecified atom stereocenters. The Bertz CT molecular complexity index is 1090. The van der Waals surface area contributed by atoms with Gasteiger partial charge in [0.2, 0.25) is 11.0 Å². The lowest BCUT2D eigenvalue weighted by atomic mass is 10.2. The molecule has 0 aliphatic rings. The van der Waals surface area contributed by atoms with Crippen molar-refractivity contribution in [2.45, 2.75) is 25.1 Å². The van der Waals surface area contributed by atoms with Crippen LogP contribution >= 0.6 is 23.1 Å². The molecule has 0 bridgehead atoms. The number of nitriles is 1. The Morgan fingerprint density at radius 1 is 1.38 bits per heavy atom. The molecule has 0 saturated carbocycles. The molecule has 10 heteroatoms. The van der Waals surface area contributed by atoms with Gasteiger partial charge in [-0.3, -0.25) is 9.36 Å². The number of hydrogen-bond acceptors (Lipinski definition) is 7. The molecule has 0 spiro atoms. The van der Waals surface area contributed by atoms with E-state index in [9.17, 15) is 14.4 Å². The number of benzene rings is 1. The molecular weight excluding hydrogens is 411 g/mol. The van der Waals surface area contributed by atoms with Crippen LogP contribution < -0.4 is 10.6 Å². The van der Waals surface area contributed by atoms with Gasteiger partial charge in [0.25, 0.3) is 0 Å². The third-order valence-electron chi connectivity index (χ3n) is 4.21. The van der Waals surface area contributed by atoms with Crippen molar-refractivity contribution in [1.29, 1.82) is 5.26 Å². The van der Waals surface area contributed by atoms with Crippen molar-refractivity contribution < 1.29 is 9.18 Å². The maximum absolute atomic E-state index is 13.7. The molecule has 0 saturated heterocycles. The van der Waals surface area contributed by atoms with Crippen molar-refractivity contribution >= 4 is 40.0 Å². The number of aromatic nitrogens is 3. The number of rotatable bonds is 7. The molecule has 3 aromatic rings. The second-order valence-corrected chi connectivity index (χ2v) is 8.30. The minimum Gasteiger partial charge on any atom is -0.360 e. The van der Waals surface area contributed by atoms with Crippen LogP contribution in [0.3, 0.4) is 0 Å². The molecule has 0 aliphatic carbocycles. The molecule has 150 valence electrons. The van der Waals surface area contributed by atoms with Crippen LogP contribution in [-0.2, 0) is 4.79 Å². The minimum atomic E-state index is -0.396. The zero-order chi connectivity index (χ0) is 21.0. The topological polar surface area (TPSA) is 95.6 Å². The number of halogens is 1. The fourth-order valence-electron chi connectivity index (χ4n) is 2.79. The second-order valence-electron chi connectivity index (χ2n) is 6.10. The van der Waals surface area contributed by atoms with E-state index in [0.29, 0.717) is 26.5 Å². The molecule has 29 heavy (non-hydrogen) atoms. The molecule has 2 N–H and O–H groups in total. The second kappa shape index (κ2) is 9.07. The van der Waals surface area contributed by atoms with Gasteiger partial charge in [-0.1, -0.05) is 29.2 Å². The third kappa shape index (κ3) is 4.58. The summed E-state index contributed by atoms with van der Waals surface area (Å²) in [5, 5.41) is 24.2. The van der Waals surface area contributed by atoms with Crippen LogP contribution in [0.15, 0.2) is 28.6 Å². The van der Waals surface area contributed by atoms with Gasteiger partial charge in [-0.25, -0.2) is 4.39 Å². The quantitative estimate of drug-likeness (QED) is 0.548. The van der Waals surface area contributed by atoms with Crippen molar-refractivity contribution in [2.24, 2.45) is 0 Å². The summed E-state index contributed by atoms with van der Waals surface area (Å²) in [6.45, 7) is 6.34. The summed E-state index contributed by atoms with van der Waals surface area (Å²) in [4.78, 5) is 12.6. The lowest BCUT2D eigenvalue weighted by molar-refractivity contribution is -0.113. The van der Waals surface area contributed by atoms with Gasteiger partial charge in [-0.05, 0) is 44.5 Å². The molecular formula is C19H19FN6OS2. The van der Waals surface area contributed by atoms with E-state index in [1.807, 2.05) is 13.8 Å². The van der Waals surface area contributed by atoms with E-state index in [0.717, 1.165) is 17.8 Å². The van der Waals surface area contributed by atoms with Gasteiger partial charge in [0.15, 0.2) is 4.34 Å². The van der Waals surface area contributed by atoms with E-state index in [4.69, 9.17) is 0 Å². The van der Waals surface area contributed by atoms with E-state index in [1.54, 1.807) is 23.6 Å². The number of anilines is 2. The summed E-state index contributed by atoms with van der Waals surface area (Å²) >= 11 is 2.64. The van der Waals surface area contributed by atoms with Crippen LogP contribution in [0.2, 0.25) is 0 Å². The first-order chi connectivity index (χ1) is 13.9. The molecule has 1 amide bonds. The number of thioether (sulfide) groups is 1. The summed E-state index contributed by atoms with van der Waals surface area (Å²) in [5.41, 5.74) is 2.39. The highest BCUT2D eigenvalue weighted by molar-refractivity contribution is 8.01. The monoisotopic (exact) mass is 430 g/mol. The van der Waals surface area contributed by atoms with Crippen LogP contribution in [0.4, 0.5) is 15.3 Å². The molecule has 1 aromatic carbocycles. The van der Waals surface area contributed by atoms with Crippen LogP contribution in [0, 0.1) is 31.0 Å². The normalized spacial score (nSPS) is 10.6. The first-order valence-corrected chi connectivity index (χ1v) is 10.6. The van der Waals surface area contributed by atoms with Crippen molar-refractivity contribution in [3.05, 3.63) is 46.9 Å². The SMILES string of the molecule is CCNc1nnc(SCC(=O)Nc2c(C#N)c(C)c(C)n2-c2cccc(F)c2)s1. The maximum atomic E-state index is 13.7. The van der Waals surface area contributed by atoms with Crippen LogP contribution in [0.1, 0.15) is 23.7 Å². The third-order valence-corrected chi connectivity index (χ3v) is 6.23. The van der Waals surface area contributed by atoms with Gasteiger partial charge in [0.1, 0.15) is 17.7 Å². The highest BCUT2D eigenvalue weighted by Gasteiger charge is 2.21. The summed E-state index contributed by atoms with van der Waals surface area (Å²) in [7, 11) is 0. The number of carbonyl (C=O) groups is 1. The average molecular weight is 431 g/mol. The van der Waals surface area contributed by atoms with Gasteiger partial charge in [-0.15, -0.1) is 10.2 Å². The first-order valence-electron chi connectivity index (χ1n) is 8.82. The van der Waals surface area contributed by atoms with Gasteiger partial charge in [-0.2, -0.15) is 5.26 Å². The Kier molecular flexibility index (Phi) is 6.51. The Labute approximate surface area is 176 Å². The van der Waals surface area contributed by atoms with Crippen molar-refractivity contribution in [1.82, 2.24) is 14.8 Å². The first kappa shape index (κ1) is 20.8. The Morgan fingerprint density at radius 2 is 2.17 bits per heavy atom. The zero-order valence-electron chi connectivity index (χ0n) is 16.1. The Balaban J connectivity index is 1.83. The zero-order valence-corrected chi connectivity index (χ0v) is 17.7. The van der Waals surface area contributed by atoms with E-state index in [-0.39, 0.29) is 11.7 Å². The Morgan fingerprint density at radius 3 is 2.86 bits per heavy atom. The van der Waals surface area contributed by atoms with E-state index in [1.165, 1.54) is 35.2 Å². The van der Waals surface area contributed by atoms with Crippen molar-refractivity contribution in [3.63, 3.8) is 0 Å².